The number of piperazine rings is 1. The van der Waals surface area contributed by atoms with Crippen molar-refractivity contribution in [1.82, 2.24) is 9.29 Å². The monoisotopic (exact) mass is 459 g/mol. The normalized spacial score (nSPS) is 19.5. The van der Waals surface area contributed by atoms with E-state index < -0.39 is 21.4 Å². The summed E-state index contributed by atoms with van der Waals surface area (Å²) in [5.74, 6) is -0.688. The first-order chi connectivity index (χ1) is 15.4. The number of benzene rings is 1. The van der Waals surface area contributed by atoms with Crippen LogP contribution >= 0.6 is 0 Å². The van der Waals surface area contributed by atoms with Crippen molar-refractivity contribution in [2.24, 2.45) is 5.41 Å². The highest BCUT2D eigenvalue weighted by Gasteiger charge is 2.46. The van der Waals surface area contributed by atoms with Gasteiger partial charge in [-0.05, 0) is 42.2 Å². The fourth-order valence-corrected chi connectivity index (χ4v) is 6.46. The molecule has 0 bridgehead atoms. The number of methoxy groups -OCH3 is 1. The predicted molar refractivity (Wildman–Crippen MR) is 122 cm³/mol. The van der Waals surface area contributed by atoms with Crippen LogP contribution in [0.15, 0.2) is 48.8 Å². The number of carbonyl (C=O) groups is 1. The number of pyridine rings is 1. The molecule has 0 unspecified atom stereocenters. The van der Waals surface area contributed by atoms with E-state index in [0.29, 0.717) is 52.2 Å². The molecule has 0 N–H and O–H groups in total. The van der Waals surface area contributed by atoms with Crippen molar-refractivity contribution in [2.45, 2.75) is 12.8 Å². The van der Waals surface area contributed by atoms with Crippen LogP contribution < -0.4 is 4.90 Å². The average Bonchev–Trinajstić information content (AvgIpc) is 2.84. The number of nitrogens with zero attached hydrogens (tertiary/aromatic N) is 3. The minimum absolute atomic E-state index is 0.226. The SMILES string of the molecule is COC(=O)C1(CS(=O)(=O)N2CCN(c3ccc(-c4cccnc4)cc3)CC2)CCOCC1. The molecular weight excluding hydrogens is 430 g/mol. The van der Waals surface area contributed by atoms with Crippen LogP contribution in [0.5, 0.6) is 0 Å². The third-order valence-corrected chi connectivity index (χ3v) is 8.46. The van der Waals surface area contributed by atoms with Crippen molar-refractivity contribution in [3.05, 3.63) is 48.8 Å². The summed E-state index contributed by atoms with van der Waals surface area (Å²) in [4.78, 5) is 18.8. The Bertz CT molecular complexity index is 1010. The van der Waals surface area contributed by atoms with Gasteiger partial charge in [-0.2, -0.15) is 4.31 Å². The molecule has 3 heterocycles. The molecule has 2 aromatic rings. The molecule has 2 saturated heterocycles. The predicted octanol–water partition coefficient (Wildman–Crippen LogP) is 2.17. The maximum Gasteiger partial charge on any atom is 0.313 e. The van der Waals surface area contributed by atoms with E-state index >= 15 is 0 Å². The van der Waals surface area contributed by atoms with Gasteiger partial charge in [0.25, 0.3) is 0 Å². The highest BCUT2D eigenvalue weighted by Crippen LogP contribution is 2.35. The van der Waals surface area contributed by atoms with Crippen LogP contribution in [-0.4, -0.2) is 75.9 Å². The van der Waals surface area contributed by atoms with Crippen LogP contribution in [0.2, 0.25) is 0 Å². The maximum absolute atomic E-state index is 13.2. The van der Waals surface area contributed by atoms with E-state index in [0.717, 1.165) is 16.8 Å². The van der Waals surface area contributed by atoms with Crippen molar-refractivity contribution in [3.8, 4) is 11.1 Å². The molecule has 0 atom stereocenters. The summed E-state index contributed by atoms with van der Waals surface area (Å²) in [5.41, 5.74) is 2.19. The number of sulfonamides is 1. The number of esters is 1. The molecule has 1 aromatic carbocycles. The van der Waals surface area contributed by atoms with E-state index in [1.165, 1.54) is 11.4 Å². The van der Waals surface area contributed by atoms with Crippen LogP contribution in [0.3, 0.4) is 0 Å². The first kappa shape index (κ1) is 22.7. The van der Waals surface area contributed by atoms with Crippen molar-refractivity contribution < 1.29 is 22.7 Å². The van der Waals surface area contributed by atoms with Crippen molar-refractivity contribution in [1.29, 1.82) is 0 Å². The van der Waals surface area contributed by atoms with Crippen molar-refractivity contribution >= 4 is 21.7 Å². The fourth-order valence-electron chi connectivity index (χ4n) is 4.45. The number of hydrogen-bond donors (Lipinski definition) is 0. The highest BCUT2D eigenvalue weighted by atomic mass is 32.2. The molecule has 8 nitrogen and oxygen atoms in total. The van der Waals surface area contributed by atoms with E-state index in [1.54, 1.807) is 6.20 Å². The van der Waals surface area contributed by atoms with Gasteiger partial charge in [-0.15, -0.1) is 0 Å². The van der Waals surface area contributed by atoms with E-state index in [9.17, 15) is 13.2 Å². The molecular formula is C23H29N3O5S. The Labute approximate surface area is 189 Å². The van der Waals surface area contributed by atoms with Crippen LogP contribution in [0, 0.1) is 5.41 Å². The Morgan fingerprint density at radius 1 is 1.06 bits per heavy atom. The molecule has 2 fully saturated rings. The Hall–Kier alpha value is -2.49. The smallest absolute Gasteiger partial charge is 0.313 e. The largest absolute Gasteiger partial charge is 0.469 e. The second-order valence-electron chi connectivity index (χ2n) is 8.32. The van der Waals surface area contributed by atoms with Crippen LogP contribution in [-0.2, 0) is 24.3 Å². The van der Waals surface area contributed by atoms with Gasteiger partial charge >= 0.3 is 5.97 Å². The van der Waals surface area contributed by atoms with Gasteiger partial charge in [-0.3, -0.25) is 9.78 Å². The lowest BCUT2D eigenvalue weighted by molar-refractivity contribution is -0.156. The first-order valence-corrected chi connectivity index (χ1v) is 12.4. The topological polar surface area (TPSA) is 89.0 Å². The number of anilines is 1. The molecule has 0 saturated carbocycles. The zero-order valence-corrected chi connectivity index (χ0v) is 19.1. The zero-order valence-electron chi connectivity index (χ0n) is 18.3. The summed E-state index contributed by atoms with van der Waals surface area (Å²) in [5, 5.41) is 0. The summed E-state index contributed by atoms with van der Waals surface area (Å²) >= 11 is 0. The molecule has 2 aliphatic heterocycles. The molecule has 9 heteroatoms. The summed E-state index contributed by atoms with van der Waals surface area (Å²) < 4.78 is 38.2. The second-order valence-corrected chi connectivity index (χ2v) is 10.3. The van der Waals surface area contributed by atoms with Gasteiger partial charge in [0.05, 0.1) is 18.3 Å². The minimum atomic E-state index is -3.60. The first-order valence-electron chi connectivity index (χ1n) is 10.8. The number of ether oxygens (including phenoxy) is 2. The lowest BCUT2D eigenvalue weighted by Gasteiger charge is -2.39. The molecule has 0 radical (unpaired) electrons. The van der Waals surface area contributed by atoms with Gasteiger partial charge in [0.2, 0.25) is 10.0 Å². The molecule has 0 amide bonds. The van der Waals surface area contributed by atoms with Gasteiger partial charge in [0, 0.05) is 57.5 Å². The summed E-state index contributed by atoms with van der Waals surface area (Å²) in [6, 6.07) is 12.2. The maximum atomic E-state index is 13.2. The molecule has 4 rings (SSSR count). The standard InChI is InChI=1S/C23H29N3O5S/c1-30-22(27)23(8-15-31-16-9-23)18-32(28,29)26-13-11-25(12-14-26)21-6-4-19(5-7-21)20-3-2-10-24-17-20/h2-7,10,17H,8-9,11-16,18H2,1H3. The van der Waals surface area contributed by atoms with Crippen molar-refractivity contribution in [2.75, 3.05) is 57.2 Å². The van der Waals surface area contributed by atoms with Gasteiger partial charge in [-0.25, -0.2) is 8.42 Å². The molecule has 0 spiro atoms. The molecule has 32 heavy (non-hydrogen) atoms. The van der Waals surface area contributed by atoms with Gasteiger partial charge in [0.1, 0.15) is 0 Å². The lowest BCUT2D eigenvalue weighted by Crippen LogP contribution is -2.53. The van der Waals surface area contributed by atoms with E-state index in [4.69, 9.17) is 9.47 Å². The molecule has 1 aromatic heterocycles. The van der Waals surface area contributed by atoms with E-state index in [1.807, 2.05) is 18.3 Å². The van der Waals surface area contributed by atoms with Crippen LogP contribution in [0.4, 0.5) is 5.69 Å². The quantitative estimate of drug-likeness (QED) is 0.612. The van der Waals surface area contributed by atoms with Crippen LogP contribution in [0.1, 0.15) is 12.8 Å². The summed E-state index contributed by atoms with van der Waals surface area (Å²) in [7, 11) is -2.29. The second kappa shape index (κ2) is 9.56. The van der Waals surface area contributed by atoms with Crippen LogP contribution in [0.25, 0.3) is 11.1 Å². The Morgan fingerprint density at radius 3 is 2.34 bits per heavy atom. The Morgan fingerprint density at radius 2 is 1.75 bits per heavy atom. The number of hydrogen-bond acceptors (Lipinski definition) is 7. The average molecular weight is 460 g/mol. The highest BCUT2D eigenvalue weighted by molar-refractivity contribution is 7.89. The van der Waals surface area contributed by atoms with E-state index in [-0.39, 0.29) is 5.75 Å². The van der Waals surface area contributed by atoms with Gasteiger partial charge < -0.3 is 14.4 Å². The number of rotatable bonds is 6. The zero-order chi connectivity index (χ0) is 22.6. The van der Waals surface area contributed by atoms with E-state index in [2.05, 4.69) is 34.1 Å². The van der Waals surface area contributed by atoms with Gasteiger partial charge in [-0.1, -0.05) is 18.2 Å². The number of aromatic nitrogens is 1. The lowest BCUT2D eigenvalue weighted by atomic mass is 9.82. The summed E-state index contributed by atoms with van der Waals surface area (Å²) in [6.45, 7) is 2.71. The molecule has 2 aliphatic rings. The minimum Gasteiger partial charge on any atom is -0.469 e. The Kier molecular flexibility index (Phi) is 6.78. The molecule has 0 aliphatic carbocycles. The number of carbonyl (C=O) groups excluding carboxylic acids is 1. The third-order valence-electron chi connectivity index (χ3n) is 6.39. The van der Waals surface area contributed by atoms with Gasteiger partial charge in [0.15, 0.2) is 0 Å². The summed E-state index contributed by atoms with van der Waals surface area (Å²) in [6.07, 6.45) is 4.31. The van der Waals surface area contributed by atoms with Crippen molar-refractivity contribution in [3.63, 3.8) is 0 Å². The third kappa shape index (κ3) is 4.79. The Balaban J connectivity index is 1.40. The fraction of sp³-hybridized carbons (Fsp3) is 0.478. The molecule has 172 valence electrons.